The van der Waals surface area contributed by atoms with Gasteiger partial charge in [0.05, 0.1) is 6.04 Å². The monoisotopic (exact) mass is 249 g/mol. The van der Waals surface area contributed by atoms with E-state index in [4.69, 9.17) is 5.73 Å². The van der Waals surface area contributed by atoms with E-state index >= 15 is 0 Å². The van der Waals surface area contributed by atoms with Crippen LogP contribution in [0.1, 0.15) is 12.5 Å². The Kier molecular flexibility index (Phi) is 6.39. The molecule has 1 unspecified atom stereocenters. The van der Waals surface area contributed by atoms with Crippen LogP contribution in [-0.2, 0) is 11.2 Å². The van der Waals surface area contributed by atoms with Gasteiger partial charge in [-0.15, -0.1) is 0 Å². The molecule has 1 aromatic rings. The summed E-state index contributed by atoms with van der Waals surface area (Å²) in [6, 6.07) is 10.1. The number of rotatable bonds is 8. The molecule has 1 rings (SSSR count). The van der Waals surface area contributed by atoms with Crippen LogP contribution < -0.4 is 11.1 Å². The average molecular weight is 249 g/mol. The number of hydrogen-bond acceptors (Lipinski definition) is 3. The van der Waals surface area contributed by atoms with Crippen molar-refractivity contribution in [1.29, 1.82) is 0 Å². The second-order valence-electron chi connectivity index (χ2n) is 4.51. The molecule has 1 atom stereocenters. The van der Waals surface area contributed by atoms with Crippen molar-refractivity contribution in [3.8, 4) is 0 Å². The number of carbonyl (C=O) groups excluding carboxylic acids is 1. The normalized spacial score (nSPS) is 12.6. The summed E-state index contributed by atoms with van der Waals surface area (Å²) in [6.07, 6.45) is 0.981. The predicted octanol–water partition coefficient (Wildman–Crippen LogP) is 0.624. The Morgan fingerprint density at radius 1 is 1.39 bits per heavy atom. The number of amides is 1. The molecule has 0 aliphatic heterocycles. The van der Waals surface area contributed by atoms with Crippen LogP contribution in [0.5, 0.6) is 0 Å². The van der Waals surface area contributed by atoms with Crippen molar-refractivity contribution in [2.45, 2.75) is 19.4 Å². The molecule has 4 nitrogen and oxygen atoms in total. The van der Waals surface area contributed by atoms with Crippen LogP contribution in [0.25, 0.3) is 0 Å². The summed E-state index contributed by atoms with van der Waals surface area (Å²) < 4.78 is 0. The molecule has 4 heteroatoms. The van der Waals surface area contributed by atoms with Crippen LogP contribution in [0, 0.1) is 0 Å². The number of hydrogen-bond donors (Lipinski definition) is 2. The van der Waals surface area contributed by atoms with Gasteiger partial charge < -0.3 is 16.0 Å². The molecule has 0 fully saturated rings. The third kappa shape index (κ3) is 5.29. The zero-order valence-electron chi connectivity index (χ0n) is 11.2. The van der Waals surface area contributed by atoms with E-state index in [-0.39, 0.29) is 11.9 Å². The van der Waals surface area contributed by atoms with E-state index in [0.29, 0.717) is 6.54 Å². The first-order valence-corrected chi connectivity index (χ1v) is 6.38. The maximum Gasteiger partial charge on any atom is 0.235 e. The van der Waals surface area contributed by atoms with E-state index in [0.717, 1.165) is 19.5 Å². The molecule has 0 bridgehead atoms. The van der Waals surface area contributed by atoms with Crippen LogP contribution >= 0.6 is 0 Å². The molecular formula is C14H23N3O. The van der Waals surface area contributed by atoms with Gasteiger partial charge in [-0.05, 0) is 25.6 Å². The van der Waals surface area contributed by atoms with Crippen molar-refractivity contribution in [2.24, 2.45) is 5.73 Å². The minimum absolute atomic E-state index is 0.268. The van der Waals surface area contributed by atoms with Gasteiger partial charge in [0.25, 0.3) is 0 Å². The van der Waals surface area contributed by atoms with Crippen molar-refractivity contribution >= 4 is 5.91 Å². The Morgan fingerprint density at radius 3 is 2.61 bits per heavy atom. The fourth-order valence-corrected chi connectivity index (χ4v) is 1.87. The van der Waals surface area contributed by atoms with E-state index in [2.05, 4.69) is 22.3 Å². The molecule has 0 aliphatic carbocycles. The molecule has 0 aromatic heterocycles. The van der Waals surface area contributed by atoms with Crippen molar-refractivity contribution < 1.29 is 4.79 Å². The number of nitrogens with one attached hydrogen (secondary N) is 1. The highest BCUT2D eigenvalue weighted by Gasteiger charge is 2.15. The fraction of sp³-hybridized carbons (Fsp3) is 0.500. The zero-order chi connectivity index (χ0) is 13.4. The highest BCUT2D eigenvalue weighted by molar-refractivity contribution is 5.80. The van der Waals surface area contributed by atoms with E-state index < -0.39 is 0 Å². The second kappa shape index (κ2) is 7.84. The fourth-order valence-electron chi connectivity index (χ4n) is 1.87. The van der Waals surface area contributed by atoms with Crippen molar-refractivity contribution in [1.82, 2.24) is 10.2 Å². The lowest BCUT2D eigenvalue weighted by molar-refractivity contribution is -0.120. The quantitative estimate of drug-likeness (QED) is 0.710. The first-order chi connectivity index (χ1) is 8.63. The second-order valence-corrected chi connectivity index (χ2v) is 4.51. The van der Waals surface area contributed by atoms with Gasteiger partial charge in [-0.2, -0.15) is 0 Å². The van der Waals surface area contributed by atoms with Gasteiger partial charge in [0.1, 0.15) is 0 Å². The molecule has 0 heterocycles. The first-order valence-electron chi connectivity index (χ1n) is 6.38. The summed E-state index contributed by atoms with van der Waals surface area (Å²) in [7, 11) is 2.01. The molecule has 3 N–H and O–H groups in total. The van der Waals surface area contributed by atoms with Crippen LogP contribution in [0.4, 0.5) is 0 Å². The standard InChI is InChI=1S/C14H23N3O/c1-3-16-13(14(15)18)11-17(2)10-9-12-7-5-4-6-8-12/h4-8,13,16H,3,9-11H2,1-2H3,(H2,15,18). The van der Waals surface area contributed by atoms with Crippen LogP contribution in [0.2, 0.25) is 0 Å². The molecule has 0 spiro atoms. The Balaban J connectivity index is 2.36. The van der Waals surface area contributed by atoms with Gasteiger partial charge >= 0.3 is 0 Å². The lowest BCUT2D eigenvalue weighted by Crippen LogP contribution is -2.48. The van der Waals surface area contributed by atoms with E-state index in [1.54, 1.807) is 0 Å². The Bertz CT molecular complexity index is 353. The third-order valence-corrected chi connectivity index (χ3v) is 2.91. The summed E-state index contributed by atoms with van der Waals surface area (Å²) in [4.78, 5) is 13.4. The van der Waals surface area contributed by atoms with Gasteiger partial charge in [0.2, 0.25) is 5.91 Å². The van der Waals surface area contributed by atoms with Gasteiger partial charge in [-0.25, -0.2) is 0 Å². The van der Waals surface area contributed by atoms with Crippen LogP contribution in [-0.4, -0.2) is 43.5 Å². The minimum Gasteiger partial charge on any atom is -0.368 e. The molecule has 18 heavy (non-hydrogen) atoms. The maximum absolute atomic E-state index is 11.2. The predicted molar refractivity (Wildman–Crippen MR) is 74.3 cm³/mol. The lowest BCUT2D eigenvalue weighted by Gasteiger charge is -2.22. The smallest absolute Gasteiger partial charge is 0.235 e. The highest BCUT2D eigenvalue weighted by Crippen LogP contribution is 2.01. The van der Waals surface area contributed by atoms with Crippen molar-refractivity contribution in [2.75, 3.05) is 26.7 Å². The van der Waals surface area contributed by atoms with Crippen molar-refractivity contribution in [3.05, 3.63) is 35.9 Å². The lowest BCUT2D eigenvalue weighted by atomic mass is 10.1. The molecule has 100 valence electrons. The summed E-state index contributed by atoms with van der Waals surface area (Å²) in [6.45, 7) is 4.29. The SMILES string of the molecule is CCNC(CN(C)CCc1ccccc1)C(N)=O. The molecule has 1 amide bonds. The number of primary amides is 1. The van der Waals surface area contributed by atoms with Gasteiger partial charge in [-0.1, -0.05) is 37.3 Å². The molecule has 0 saturated heterocycles. The average Bonchev–Trinajstić information content (AvgIpc) is 2.37. The van der Waals surface area contributed by atoms with Crippen LogP contribution in [0.3, 0.4) is 0 Å². The topological polar surface area (TPSA) is 58.4 Å². The number of benzene rings is 1. The minimum atomic E-state index is -0.289. The summed E-state index contributed by atoms with van der Waals surface area (Å²) >= 11 is 0. The number of nitrogens with two attached hydrogens (primary N) is 1. The Hall–Kier alpha value is -1.39. The molecule has 1 aromatic carbocycles. The van der Waals surface area contributed by atoms with E-state index in [9.17, 15) is 4.79 Å². The highest BCUT2D eigenvalue weighted by atomic mass is 16.1. The van der Waals surface area contributed by atoms with Gasteiger partial charge in [0, 0.05) is 13.1 Å². The number of carbonyl (C=O) groups is 1. The van der Waals surface area contributed by atoms with Gasteiger partial charge in [0.15, 0.2) is 0 Å². The maximum atomic E-state index is 11.2. The number of likely N-dealkylation sites (N-methyl/N-ethyl adjacent to an activating group) is 2. The third-order valence-electron chi connectivity index (χ3n) is 2.91. The van der Waals surface area contributed by atoms with Crippen LogP contribution in [0.15, 0.2) is 30.3 Å². The zero-order valence-corrected chi connectivity index (χ0v) is 11.2. The van der Waals surface area contributed by atoms with Gasteiger partial charge in [-0.3, -0.25) is 4.79 Å². The largest absolute Gasteiger partial charge is 0.368 e. The number of nitrogens with zero attached hydrogens (tertiary/aromatic N) is 1. The Labute approximate surface area is 109 Å². The van der Waals surface area contributed by atoms with E-state index in [1.807, 2.05) is 32.2 Å². The summed E-state index contributed by atoms with van der Waals surface area (Å²) in [5.74, 6) is -0.289. The molecule has 0 radical (unpaired) electrons. The first kappa shape index (κ1) is 14.7. The molecular weight excluding hydrogens is 226 g/mol. The summed E-state index contributed by atoms with van der Waals surface area (Å²) in [5, 5.41) is 3.09. The Morgan fingerprint density at radius 2 is 2.06 bits per heavy atom. The molecule has 0 aliphatic rings. The van der Waals surface area contributed by atoms with Crippen molar-refractivity contribution in [3.63, 3.8) is 0 Å². The summed E-state index contributed by atoms with van der Waals surface area (Å²) in [5.41, 5.74) is 6.66. The van der Waals surface area contributed by atoms with E-state index in [1.165, 1.54) is 5.56 Å². The molecule has 0 saturated carbocycles.